The van der Waals surface area contributed by atoms with Crippen molar-refractivity contribution in [2.24, 2.45) is 5.92 Å². The fourth-order valence-corrected chi connectivity index (χ4v) is 4.97. The summed E-state index contributed by atoms with van der Waals surface area (Å²) in [5.41, 5.74) is 3.53. The van der Waals surface area contributed by atoms with Crippen LogP contribution in [0.4, 0.5) is 4.39 Å². The average Bonchev–Trinajstić information content (AvgIpc) is 2.74. The highest BCUT2D eigenvalue weighted by Gasteiger charge is 2.30. The molecule has 0 aromatic heterocycles. The molecule has 1 aliphatic carbocycles. The van der Waals surface area contributed by atoms with Crippen LogP contribution in [0.2, 0.25) is 0 Å². The fourth-order valence-electron chi connectivity index (χ4n) is 4.97. The van der Waals surface area contributed by atoms with Crippen LogP contribution in [0.25, 0.3) is 11.1 Å². The van der Waals surface area contributed by atoms with Gasteiger partial charge in [0.2, 0.25) is 0 Å². The van der Waals surface area contributed by atoms with Gasteiger partial charge in [0.1, 0.15) is 5.82 Å². The van der Waals surface area contributed by atoms with E-state index in [0.29, 0.717) is 11.8 Å². The monoisotopic (exact) mass is 468 g/mol. The van der Waals surface area contributed by atoms with Gasteiger partial charge in [-0.2, -0.15) is 0 Å². The Balaban J connectivity index is 0.00000171. The first-order valence-corrected chi connectivity index (χ1v) is 11.0. The molecule has 0 amide bonds. The highest BCUT2D eigenvalue weighted by molar-refractivity contribution is 5.85. The smallest absolute Gasteiger partial charge is 0.123 e. The lowest BCUT2D eigenvalue weighted by Gasteiger charge is -2.39. The van der Waals surface area contributed by atoms with Crippen molar-refractivity contribution in [2.75, 3.05) is 39.8 Å². The van der Waals surface area contributed by atoms with Crippen LogP contribution in [-0.4, -0.2) is 60.8 Å². The maximum atomic E-state index is 13.2. The van der Waals surface area contributed by atoms with Crippen LogP contribution in [0.5, 0.6) is 0 Å². The first kappa shape index (κ1) is 26.1. The van der Waals surface area contributed by atoms with Gasteiger partial charge in [-0.3, -0.25) is 0 Å². The van der Waals surface area contributed by atoms with Crippen LogP contribution >= 0.6 is 24.8 Å². The van der Waals surface area contributed by atoms with Gasteiger partial charge in [-0.15, -0.1) is 24.8 Å². The van der Waals surface area contributed by atoms with E-state index in [9.17, 15) is 9.50 Å². The van der Waals surface area contributed by atoms with Crippen molar-refractivity contribution in [1.29, 1.82) is 0 Å². The molecule has 1 N–H and O–H groups in total. The molecule has 6 heteroatoms. The number of hydrogen-bond acceptors (Lipinski definition) is 3. The van der Waals surface area contributed by atoms with E-state index in [1.807, 2.05) is 12.1 Å². The van der Waals surface area contributed by atoms with E-state index in [1.165, 1.54) is 24.1 Å². The first-order chi connectivity index (χ1) is 14.1. The number of halogens is 3. The summed E-state index contributed by atoms with van der Waals surface area (Å²) in [6, 6.07) is 15.5. The summed E-state index contributed by atoms with van der Waals surface area (Å²) in [4.78, 5) is 4.99. The second kappa shape index (κ2) is 12.2. The summed E-state index contributed by atoms with van der Waals surface area (Å²) in [6.45, 7) is 5.57. The number of aliphatic hydroxyl groups excluding tert-OH is 1. The van der Waals surface area contributed by atoms with Crippen LogP contribution in [0.3, 0.4) is 0 Å². The van der Waals surface area contributed by atoms with Gasteiger partial charge >= 0.3 is 0 Å². The summed E-state index contributed by atoms with van der Waals surface area (Å²) >= 11 is 0. The van der Waals surface area contributed by atoms with Crippen molar-refractivity contribution < 1.29 is 9.50 Å². The van der Waals surface area contributed by atoms with E-state index in [0.717, 1.165) is 63.1 Å². The topological polar surface area (TPSA) is 26.7 Å². The maximum Gasteiger partial charge on any atom is 0.123 e. The number of nitrogens with zero attached hydrogens (tertiary/aromatic N) is 2. The van der Waals surface area contributed by atoms with E-state index in [-0.39, 0.29) is 36.7 Å². The minimum absolute atomic E-state index is 0. The van der Waals surface area contributed by atoms with Crippen LogP contribution in [0, 0.1) is 11.7 Å². The Labute approximate surface area is 198 Å². The van der Waals surface area contributed by atoms with Crippen molar-refractivity contribution in [3.8, 4) is 11.1 Å². The Morgan fingerprint density at radius 1 is 0.903 bits per heavy atom. The Kier molecular flexibility index (Phi) is 10.2. The standard InChI is InChI=1S/C25H33FN2O.2ClH/c1-27-13-15-28(16-14-27)18-25(22-3-2-4-24(29)17-22)21-7-5-19(6-8-21)20-9-11-23(26)12-10-20;;/h5-12,22,24-25,29H,2-4,13-18H2,1H3;2*1H. The van der Waals surface area contributed by atoms with E-state index < -0.39 is 0 Å². The van der Waals surface area contributed by atoms with Crippen LogP contribution in [0.15, 0.2) is 48.5 Å². The molecule has 31 heavy (non-hydrogen) atoms. The molecule has 2 aromatic rings. The van der Waals surface area contributed by atoms with Crippen molar-refractivity contribution in [2.45, 2.75) is 37.7 Å². The number of aliphatic hydroxyl groups is 1. The average molecular weight is 469 g/mol. The lowest BCUT2D eigenvalue weighted by Crippen LogP contribution is -2.46. The fraction of sp³-hybridized carbons (Fsp3) is 0.520. The van der Waals surface area contributed by atoms with Gasteiger partial charge in [0.15, 0.2) is 0 Å². The Bertz CT molecular complexity index is 779. The molecule has 2 aliphatic rings. The van der Waals surface area contributed by atoms with E-state index in [1.54, 1.807) is 0 Å². The van der Waals surface area contributed by atoms with Gasteiger partial charge in [-0.1, -0.05) is 42.8 Å². The third kappa shape index (κ3) is 6.90. The Morgan fingerprint density at radius 2 is 1.48 bits per heavy atom. The third-order valence-corrected chi connectivity index (χ3v) is 6.82. The van der Waals surface area contributed by atoms with Crippen molar-refractivity contribution >= 4 is 24.8 Å². The molecule has 2 aromatic carbocycles. The first-order valence-electron chi connectivity index (χ1n) is 11.0. The molecule has 1 aliphatic heterocycles. The summed E-state index contributed by atoms with van der Waals surface area (Å²) in [5.74, 6) is 0.791. The zero-order valence-corrected chi connectivity index (χ0v) is 19.9. The molecule has 3 nitrogen and oxygen atoms in total. The SMILES string of the molecule is CN1CCN(CC(c2ccc(-c3ccc(F)cc3)cc2)C2CCCC(O)C2)CC1.Cl.Cl. The lowest BCUT2D eigenvalue weighted by atomic mass is 9.75. The van der Waals surface area contributed by atoms with Gasteiger partial charge in [-0.25, -0.2) is 4.39 Å². The Hall–Kier alpha value is -1.17. The third-order valence-electron chi connectivity index (χ3n) is 6.82. The van der Waals surface area contributed by atoms with Gasteiger partial charge in [0, 0.05) is 32.7 Å². The molecule has 2 fully saturated rings. The molecule has 172 valence electrons. The second-order valence-corrected chi connectivity index (χ2v) is 8.92. The molecule has 1 saturated heterocycles. The minimum Gasteiger partial charge on any atom is -0.393 e. The van der Waals surface area contributed by atoms with Crippen LogP contribution in [-0.2, 0) is 0 Å². The predicted octanol–water partition coefficient (Wildman–Crippen LogP) is 5.22. The van der Waals surface area contributed by atoms with Gasteiger partial charge in [0.05, 0.1) is 6.10 Å². The van der Waals surface area contributed by atoms with Crippen molar-refractivity contribution in [3.63, 3.8) is 0 Å². The molecule has 0 spiro atoms. The van der Waals surface area contributed by atoms with Gasteiger partial charge in [0.25, 0.3) is 0 Å². The summed E-state index contributed by atoms with van der Waals surface area (Å²) in [6.07, 6.45) is 4.04. The zero-order valence-electron chi connectivity index (χ0n) is 18.3. The normalized spacial score (nSPS) is 23.5. The van der Waals surface area contributed by atoms with Crippen molar-refractivity contribution in [3.05, 3.63) is 59.9 Å². The second-order valence-electron chi connectivity index (χ2n) is 8.92. The zero-order chi connectivity index (χ0) is 20.2. The van der Waals surface area contributed by atoms with E-state index in [2.05, 4.69) is 41.1 Å². The molecule has 1 heterocycles. The Morgan fingerprint density at radius 3 is 2.06 bits per heavy atom. The van der Waals surface area contributed by atoms with Gasteiger partial charge in [-0.05, 0) is 67.0 Å². The van der Waals surface area contributed by atoms with Crippen LogP contribution < -0.4 is 0 Å². The predicted molar refractivity (Wildman–Crippen MR) is 131 cm³/mol. The molecule has 3 atom stereocenters. The molecular formula is C25H35Cl2FN2O. The molecule has 4 rings (SSSR count). The summed E-state index contributed by atoms with van der Waals surface area (Å²) < 4.78 is 13.2. The van der Waals surface area contributed by atoms with Gasteiger partial charge < -0.3 is 14.9 Å². The molecule has 3 unspecified atom stereocenters. The highest BCUT2D eigenvalue weighted by atomic mass is 35.5. The summed E-state index contributed by atoms with van der Waals surface area (Å²) in [7, 11) is 2.19. The van der Waals surface area contributed by atoms with E-state index >= 15 is 0 Å². The molecule has 1 saturated carbocycles. The summed E-state index contributed by atoms with van der Waals surface area (Å²) in [5, 5.41) is 10.3. The minimum atomic E-state index is -0.200. The highest BCUT2D eigenvalue weighted by Crippen LogP contribution is 2.37. The lowest BCUT2D eigenvalue weighted by molar-refractivity contribution is 0.0773. The van der Waals surface area contributed by atoms with E-state index in [4.69, 9.17) is 0 Å². The molecular weight excluding hydrogens is 434 g/mol. The number of benzene rings is 2. The quantitative estimate of drug-likeness (QED) is 0.651. The number of likely N-dealkylation sites (N-methyl/N-ethyl adjacent to an activating group) is 1. The molecule has 0 radical (unpaired) electrons. The van der Waals surface area contributed by atoms with Crippen LogP contribution in [0.1, 0.15) is 37.2 Å². The number of rotatable bonds is 5. The largest absolute Gasteiger partial charge is 0.393 e. The maximum absolute atomic E-state index is 13.2. The van der Waals surface area contributed by atoms with Crippen molar-refractivity contribution in [1.82, 2.24) is 9.80 Å². The molecule has 0 bridgehead atoms. The number of piperazine rings is 1. The number of hydrogen-bond donors (Lipinski definition) is 1.